The normalized spacial score (nSPS) is 13.3. The van der Waals surface area contributed by atoms with Crippen LogP contribution in [0.25, 0.3) is 5.82 Å². The van der Waals surface area contributed by atoms with Gasteiger partial charge in [0.15, 0.2) is 0 Å². The van der Waals surface area contributed by atoms with Crippen LogP contribution in [0.2, 0.25) is 0 Å². The van der Waals surface area contributed by atoms with Gasteiger partial charge in [0.05, 0.1) is 5.36 Å². The van der Waals surface area contributed by atoms with E-state index in [9.17, 15) is 18.0 Å². The number of rotatable bonds is 4. The van der Waals surface area contributed by atoms with Gasteiger partial charge in [0.1, 0.15) is 18.2 Å². The molecule has 0 bridgehead atoms. The Morgan fingerprint density at radius 3 is 2.56 bits per heavy atom. The van der Waals surface area contributed by atoms with E-state index in [2.05, 4.69) is 20.4 Å². The summed E-state index contributed by atoms with van der Waals surface area (Å²) >= 11 is 0. The molecule has 4 N–H and O–H groups in total. The number of hydrogen-bond acceptors (Lipinski definition) is 5. The van der Waals surface area contributed by atoms with Crippen LogP contribution < -0.4 is 31.7 Å². The molecule has 1 heterocycles. The number of nitrogens with two attached hydrogens (primary N) is 1. The van der Waals surface area contributed by atoms with Gasteiger partial charge in [-0.05, 0) is 42.5 Å². The van der Waals surface area contributed by atoms with Crippen LogP contribution in [0.15, 0.2) is 47.5 Å². The number of carbonyl (C=O) groups is 1. The van der Waals surface area contributed by atoms with Crippen LogP contribution in [0.4, 0.5) is 18.9 Å². The van der Waals surface area contributed by atoms with E-state index in [0.717, 1.165) is 0 Å². The van der Waals surface area contributed by atoms with Gasteiger partial charge in [-0.1, -0.05) is 0 Å². The van der Waals surface area contributed by atoms with Gasteiger partial charge in [0.2, 0.25) is 5.91 Å². The molecule has 1 aliphatic heterocycles. The smallest absolute Gasteiger partial charge is 0.406 e. The van der Waals surface area contributed by atoms with E-state index in [1.165, 1.54) is 24.3 Å². The first kappa shape index (κ1) is 16.6. The SMILES string of the molecule is NC(=O)c1ccc2c(c1)=NCNC=2Nc1ccc(OC(F)(F)F)cc1. The van der Waals surface area contributed by atoms with E-state index in [-0.39, 0.29) is 12.4 Å². The highest BCUT2D eigenvalue weighted by Gasteiger charge is 2.30. The van der Waals surface area contributed by atoms with Gasteiger partial charge >= 0.3 is 6.36 Å². The minimum atomic E-state index is -4.73. The summed E-state index contributed by atoms with van der Waals surface area (Å²) < 4.78 is 40.4. The molecule has 0 saturated carbocycles. The monoisotopic (exact) mass is 350 g/mol. The van der Waals surface area contributed by atoms with Crippen LogP contribution in [0.5, 0.6) is 5.75 Å². The highest BCUT2D eigenvalue weighted by Crippen LogP contribution is 2.24. The molecule has 1 amide bonds. The molecule has 0 saturated heterocycles. The summed E-state index contributed by atoms with van der Waals surface area (Å²) in [5.41, 5.74) is 6.16. The minimum Gasteiger partial charge on any atom is -0.406 e. The van der Waals surface area contributed by atoms with Gasteiger partial charge in [-0.2, -0.15) is 0 Å². The Balaban J connectivity index is 1.88. The topological polar surface area (TPSA) is 88.7 Å². The molecule has 0 atom stereocenters. The van der Waals surface area contributed by atoms with Gasteiger partial charge in [0.25, 0.3) is 0 Å². The molecule has 0 aromatic heterocycles. The third-order valence-corrected chi connectivity index (χ3v) is 3.41. The molecule has 3 rings (SSSR count). The van der Waals surface area contributed by atoms with Crippen molar-refractivity contribution in [3.63, 3.8) is 0 Å². The van der Waals surface area contributed by atoms with Crippen molar-refractivity contribution in [3.8, 4) is 5.75 Å². The van der Waals surface area contributed by atoms with Crippen LogP contribution in [0.3, 0.4) is 0 Å². The molecule has 25 heavy (non-hydrogen) atoms. The average Bonchev–Trinajstić information content (AvgIpc) is 2.55. The van der Waals surface area contributed by atoms with Crippen LogP contribution in [-0.2, 0) is 0 Å². The third-order valence-electron chi connectivity index (χ3n) is 3.41. The molecule has 1 aliphatic rings. The number of benzene rings is 2. The molecule has 130 valence electrons. The number of carbonyl (C=O) groups excluding carboxylic acids is 1. The van der Waals surface area contributed by atoms with Gasteiger partial charge in [-0.25, -0.2) is 0 Å². The van der Waals surface area contributed by atoms with Crippen LogP contribution in [-0.4, -0.2) is 18.9 Å². The van der Waals surface area contributed by atoms with E-state index < -0.39 is 12.3 Å². The number of alkyl halides is 3. The lowest BCUT2D eigenvalue weighted by Gasteiger charge is -2.16. The molecule has 0 fully saturated rings. The first-order chi connectivity index (χ1) is 11.8. The molecule has 0 spiro atoms. The van der Waals surface area contributed by atoms with E-state index in [1.54, 1.807) is 18.2 Å². The van der Waals surface area contributed by atoms with Crippen LogP contribution in [0, 0.1) is 0 Å². The first-order valence-corrected chi connectivity index (χ1v) is 7.17. The zero-order valence-electron chi connectivity index (χ0n) is 12.7. The molecular formula is C16H13F3N4O2. The fourth-order valence-corrected chi connectivity index (χ4v) is 2.32. The van der Waals surface area contributed by atoms with Gasteiger partial charge in [-0.3, -0.25) is 9.79 Å². The highest BCUT2D eigenvalue weighted by atomic mass is 19.4. The van der Waals surface area contributed by atoms with Crippen LogP contribution in [0.1, 0.15) is 10.4 Å². The van der Waals surface area contributed by atoms with Crippen molar-refractivity contribution in [1.82, 2.24) is 5.32 Å². The highest BCUT2D eigenvalue weighted by molar-refractivity contribution is 5.92. The third kappa shape index (κ3) is 4.00. The molecule has 0 radical (unpaired) electrons. The summed E-state index contributed by atoms with van der Waals surface area (Å²) in [5.74, 6) is -0.238. The zero-order valence-corrected chi connectivity index (χ0v) is 12.7. The Morgan fingerprint density at radius 2 is 1.92 bits per heavy atom. The van der Waals surface area contributed by atoms with Crippen molar-refractivity contribution in [2.45, 2.75) is 6.36 Å². The fraction of sp³-hybridized carbons (Fsp3) is 0.125. The predicted octanol–water partition coefficient (Wildman–Crippen LogP) is 1.04. The van der Waals surface area contributed by atoms with Crippen molar-refractivity contribution in [1.29, 1.82) is 0 Å². The fourth-order valence-electron chi connectivity index (χ4n) is 2.32. The lowest BCUT2D eigenvalue weighted by Crippen LogP contribution is -2.41. The van der Waals surface area contributed by atoms with E-state index >= 15 is 0 Å². The van der Waals surface area contributed by atoms with Crippen molar-refractivity contribution in [3.05, 3.63) is 58.6 Å². The number of primary amides is 1. The van der Waals surface area contributed by atoms with Gasteiger partial charge in [-0.15, -0.1) is 13.2 Å². The molecule has 6 nitrogen and oxygen atoms in total. The Hall–Kier alpha value is -3.23. The van der Waals surface area contributed by atoms with Crippen LogP contribution >= 0.6 is 0 Å². The predicted molar refractivity (Wildman–Crippen MR) is 83.9 cm³/mol. The zero-order chi connectivity index (χ0) is 18.0. The first-order valence-electron chi connectivity index (χ1n) is 7.17. The number of anilines is 1. The van der Waals surface area contributed by atoms with Crippen molar-refractivity contribution < 1.29 is 22.7 Å². The number of hydrogen-bond donors (Lipinski definition) is 3. The summed E-state index contributed by atoms with van der Waals surface area (Å²) in [6, 6.07) is 10.2. The number of nitrogens with one attached hydrogen (secondary N) is 2. The summed E-state index contributed by atoms with van der Waals surface area (Å²) in [4.78, 5) is 15.5. The van der Waals surface area contributed by atoms with Gasteiger partial charge < -0.3 is 21.1 Å². The lowest BCUT2D eigenvalue weighted by atomic mass is 10.1. The summed E-state index contributed by atoms with van der Waals surface area (Å²) in [6.07, 6.45) is -4.73. The van der Waals surface area contributed by atoms with E-state index in [1.807, 2.05) is 0 Å². The molecule has 2 aromatic carbocycles. The molecular weight excluding hydrogens is 337 g/mol. The van der Waals surface area contributed by atoms with E-state index in [4.69, 9.17) is 5.73 Å². The number of nitrogens with zero attached hydrogens (tertiary/aromatic N) is 1. The van der Waals surface area contributed by atoms with Crippen molar-refractivity contribution >= 4 is 17.4 Å². The Labute approximate surface area is 139 Å². The molecule has 2 aromatic rings. The molecule has 0 unspecified atom stereocenters. The number of fused-ring (bicyclic) bond motifs is 1. The second-order valence-corrected chi connectivity index (χ2v) is 5.16. The van der Waals surface area contributed by atoms with Gasteiger partial charge in [0, 0.05) is 16.5 Å². The maximum atomic E-state index is 12.2. The number of halogens is 3. The number of amides is 1. The lowest BCUT2D eigenvalue weighted by molar-refractivity contribution is -0.274. The quantitative estimate of drug-likeness (QED) is 0.769. The molecule has 9 heteroatoms. The maximum Gasteiger partial charge on any atom is 0.573 e. The second-order valence-electron chi connectivity index (χ2n) is 5.16. The van der Waals surface area contributed by atoms with Crippen molar-refractivity contribution in [2.75, 3.05) is 12.0 Å². The average molecular weight is 350 g/mol. The maximum absolute atomic E-state index is 12.2. The second kappa shape index (κ2) is 6.34. The summed E-state index contributed by atoms with van der Waals surface area (Å²) in [7, 11) is 0. The van der Waals surface area contributed by atoms with E-state index in [0.29, 0.717) is 27.6 Å². The Morgan fingerprint density at radius 1 is 1.20 bits per heavy atom. The standard InChI is InChI=1S/C16H13F3N4O2/c17-16(18,19)25-11-4-2-10(3-5-11)23-15-12-6-1-9(14(20)24)7-13(12)21-8-22-15/h1-7,22-23H,8H2,(H2,20,24). The largest absolute Gasteiger partial charge is 0.573 e. The Bertz CT molecular complexity index is 924. The molecule has 0 aliphatic carbocycles. The number of ether oxygens (including phenoxy) is 1. The minimum absolute atomic E-state index is 0.285. The summed E-state index contributed by atoms with van der Waals surface area (Å²) in [6.45, 7) is 0.285. The Kier molecular flexibility index (Phi) is 4.22. The van der Waals surface area contributed by atoms with Crippen molar-refractivity contribution in [2.24, 2.45) is 10.7 Å². The summed E-state index contributed by atoms with van der Waals surface area (Å²) in [5, 5.41) is 7.41.